The number of nitrogens with two attached hydrogens (primary N) is 1. The second-order valence-corrected chi connectivity index (χ2v) is 37.1. The Balaban J connectivity index is 0.000000145. The number of amides is 1. The van der Waals surface area contributed by atoms with Crippen molar-refractivity contribution in [2.45, 2.75) is 83.8 Å². The SMILES string of the molecule is C[C@H](c1ccc(Cl)cc1Cl)n1nc(C#N)c2ncc(N3CC([C@@H]4CCCN(CCC(N)=O)C4)C3)nc21.C[C@H](c1ccc(Cl)cc1Cl)n1nc(C#N)c2ncc(N3CC([C@@H]4CCCN(CCS(C)(=O)=O)C4)C3)nc21.C[C@H](c1ccc(Cl)cc1Cl)n1nc(C#N)c2ncc(N3CC([C@H]4CCCN(CCS(C)(=O)=O)C4)C3)nc21. The van der Waals surface area contributed by atoms with E-state index in [1.807, 2.05) is 39.0 Å². The highest BCUT2D eigenvalue weighted by Gasteiger charge is 2.41. The van der Waals surface area contributed by atoms with Crippen molar-refractivity contribution in [3.63, 3.8) is 0 Å². The van der Waals surface area contributed by atoms with Crippen LogP contribution in [0, 0.1) is 69.5 Å². The van der Waals surface area contributed by atoms with E-state index < -0.39 is 19.7 Å². The lowest BCUT2D eigenvalue weighted by Crippen LogP contribution is -2.54. The maximum absolute atomic E-state index is 11.6. The van der Waals surface area contributed by atoms with Crippen LogP contribution in [0.3, 0.4) is 0 Å². The van der Waals surface area contributed by atoms with E-state index in [4.69, 9.17) is 90.3 Å². The number of sulfone groups is 2. The standard InChI is InChI=1S/C25H28Cl2N8O.2C25H29Cl2N7O2S/c1-15(19-5-4-18(26)9-20(19)27)35-25-24(21(10-28)32-35)30-11-23(31-25)34-13-17(14-34)16-3-2-7-33(12-16)8-6-22(29)36;2*1-16(20-6-5-19(26)10-21(20)27)34-25-24(22(11-28)31-34)29-12-23(30-25)33-14-18(15-33)17-4-3-7-32(13-17)8-9-37(2,35)36/h4-5,9,11,15-17H,2-3,6-8,12-14H2,1H3,(H2,29,36);2*5-6,10,12,16-18H,3-4,7-9,13-15H2,1-2H3/t15-,16-;16-,17+;16-,17-/m111/s1. The Bertz CT molecular complexity index is 5060. The quantitative estimate of drug-likeness (QED) is 0.0698. The predicted octanol–water partition coefficient (Wildman–Crippen LogP) is 11.3. The van der Waals surface area contributed by atoms with Gasteiger partial charge >= 0.3 is 0 Å². The summed E-state index contributed by atoms with van der Waals surface area (Å²) < 4.78 is 51.4. The van der Waals surface area contributed by atoms with E-state index in [0.717, 1.165) is 151 Å². The molecular formula is C75H86Cl6N22O5S2. The van der Waals surface area contributed by atoms with Crippen LogP contribution in [-0.2, 0) is 24.5 Å². The Kier molecular flexibility index (Phi) is 25.0. The molecule has 0 bridgehead atoms. The average Bonchev–Trinajstić information content (AvgIpc) is 1.52. The van der Waals surface area contributed by atoms with E-state index in [2.05, 4.69) is 77.9 Å². The topological polar surface area (TPSA) is 333 Å². The van der Waals surface area contributed by atoms with E-state index in [1.54, 1.807) is 69.0 Å². The van der Waals surface area contributed by atoms with Crippen LogP contribution < -0.4 is 20.4 Å². The molecule has 0 spiro atoms. The Morgan fingerprint density at radius 3 is 1.02 bits per heavy atom. The average molecular weight is 1650 g/mol. The van der Waals surface area contributed by atoms with Gasteiger partial charge in [-0.2, -0.15) is 31.1 Å². The summed E-state index contributed by atoms with van der Waals surface area (Å²) in [7, 11) is -5.91. The summed E-state index contributed by atoms with van der Waals surface area (Å²) in [6.45, 7) is 19.0. The van der Waals surface area contributed by atoms with Crippen molar-refractivity contribution < 1.29 is 21.6 Å². The first-order valence-electron chi connectivity index (χ1n) is 37.0. The molecule has 9 aromatic rings. The van der Waals surface area contributed by atoms with E-state index in [9.17, 15) is 37.4 Å². The molecular weight excluding hydrogens is 1570 g/mol. The summed E-state index contributed by atoms with van der Waals surface area (Å²) in [6.07, 6.45) is 15.0. The van der Waals surface area contributed by atoms with E-state index >= 15 is 0 Å². The molecule has 6 aromatic heterocycles. The summed E-state index contributed by atoms with van der Waals surface area (Å²) in [5, 5.41) is 45.6. The first-order chi connectivity index (χ1) is 52.6. The molecule has 6 fully saturated rings. The van der Waals surface area contributed by atoms with Crippen molar-refractivity contribution in [1.82, 2.24) is 73.9 Å². The fourth-order valence-electron chi connectivity index (χ4n) is 16.0. The number of rotatable bonds is 21. The number of benzene rings is 3. The lowest BCUT2D eigenvalue weighted by molar-refractivity contribution is -0.118. The van der Waals surface area contributed by atoms with Crippen LogP contribution in [0.15, 0.2) is 73.2 Å². The number of aromatic nitrogens is 12. The smallest absolute Gasteiger partial charge is 0.218 e. The van der Waals surface area contributed by atoms with Crippen molar-refractivity contribution in [1.29, 1.82) is 15.8 Å². The molecule has 27 nitrogen and oxygen atoms in total. The van der Waals surface area contributed by atoms with Gasteiger partial charge in [-0.15, -0.1) is 0 Å². The van der Waals surface area contributed by atoms with Gasteiger partial charge in [0.2, 0.25) is 5.91 Å². The molecule has 6 aliphatic heterocycles. The zero-order valence-corrected chi connectivity index (χ0v) is 67.9. The van der Waals surface area contributed by atoms with E-state index in [0.29, 0.717) is 119 Å². The van der Waals surface area contributed by atoms with Crippen molar-refractivity contribution >= 4 is 146 Å². The van der Waals surface area contributed by atoms with Crippen molar-refractivity contribution in [2.75, 3.05) is 137 Å². The third-order valence-corrected chi connectivity index (χ3v) is 25.9. The molecule has 15 rings (SSSR count). The van der Waals surface area contributed by atoms with Gasteiger partial charge in [0.1, 0.15) is 71.9 Å². The van der Waals surface area contributed by atoms with E-state index in [1.165, 1.54) is 18.9 Å². The maximum Gasteiger partial charge on any atom is 0.218 e. The molecule has 35 heteroatoms. The van der Waals surface area contributed by atoms with Crippen LogP contribution in [0.25, 0.3) is 33.5 Å². The zero-order valence-electron chi connectivity index (χ0n) is 61.7. The number of primary amides is 1. The summed E-state index contributed by atoms with van der Waals surface area (Å²) in [5.74, 6) is 5.80. The van der Waals surface area contributed by atoms with Gasteiger partial charge in [-0.1, -0.05) is 87.8 Å². The van der Waals surface area contributed by atoms with Crippen LogP contribution in [0.5, 0.6) is 0 Å². The third kappa shape index (κ3) is 18.4. The molecule has 0 radical (unpaired) electrons. The summed E-state index contributed by atoms with van der Waals surface area (Å²) in [5.41, 5.74) is 11.6. The molecule has 6 atom stereocenters. The Hall–Kier alpha value is -7.83. The minimum absolute atomic E-state index is 0.212. The fraction of sp³-hybridized carbons (Fsp3) is 0.507. The Morgan fingerprint density at radius 2 is 0.755 bits per heavy atom. The molecule has 3 aromatic carbocycles. The number of nitriles is 3. The minimum atomic E-state index is -2.95. The Labute approximate surface area is 670 Å². The number of carbonyl (C=O) groups is 1. The molecule has 6 aliphatic rings. The number of carbonyl (C=O) groups excluding carboxylic acids is 1. The number of hydrogen-bond acceptors (Lipinski definition) is 23. The molecule has 1 amide bonds. The van der Waals surface area contributed by atoms with Crippen LogP contribution in [-0.4, -0.2) is 219 Å². The molecule has 6 saturated heterocycles. The number of fused-ring (bicyclic) bond motifs is 3. The van der Waals surface area contributed by atoms with Crippen molar-refractivity contribution in [2.24, 2.45) is 41.2 Å². The summed E-state index contributed by atoms with van der Waals surface area (Å²) in [4.78, 5) is 53.0. The number of anilines is 3. The van der Waals surface area contributed by atoms with Gasteiger partial charge < -0.3 is 35.1 Å². The van der Waals surface area contributed by atoms with Gasteiger partial charge in [-0.25, -0.2) is 60.8 Å². The molecule has 0 aliphatic carbocycles. The minimum Gasteiger partial charge on any atom is -0.370 e. The van der Waals surface area contributed by atoms with Crippen LogP contribution >= 0.6 is 69.6 Å². The lowest BCUT2D eigenvalue weighted by atomic mass is 9.80. The first kappa shape index (κ1) is 80.2. The monoisotopic (exact) mass is 1650 g/mol. The molecule has 0 unspecified atom stereocenters. The van der Waals surface area contributed by atoms with Crippen molar-refractivity contribution in [3.8, 4) is 18.2 Å². The molecule has 110 heavy (non-hydrogen) atoms. The number of hydrogen-bond donors (Lipinski definition) is 1. The van der Waals surface area contributed by atoms with Crippen LogP contribution in [0.2, 0.25) is 30.1 Å². The number of nitrogens with zero attached hydrogens (tertiary/aromatic N) is 21. The number of likely N-dealkylation sites (tertiary alicyclic amines) is 3. The first-order valence-corrected chi connectivity index (χ1v) is 43.3. The molecule has 12 heterocycles. The summed E-state index contributed by atoms with van der Waals surface area (Å²) >= 11 is 37.6. The Morgan fingerprint density at radius 1 is 0.464 bits per heavy atom. The summed E-state index contributed by atoms with van der Waals surface area (Å²) in [6, 6.07) is 21.6. The highest BCUT2D eigenvalue weighted by atomic mass is 35.5. The van der Waals surface area contributed by atoms with Gasteiger partial charge in [0.05, 0.1) is 48.2 Å². The van der Waals surface area contributed by atoms with Gasteiger partial charge in [-0.3, -0.25) is 4.79 Å². The highest BCUT2D eigenvalue weighted by Crippen LogP contribution is 2.40. The highest BCUT2D eigenvalue weighted by molar-refractivity contribution is 7.90. The number of halogens is 6. The third-order valence-electron chi connectivity index (χ3n) is 22.4. The van der Waals surface area contributed by atoms with Crippen molar-refractivity contribution in [3.05, 3.63) is 137 Å². The molecule has 2 N–H and O–H groups in total. The second kappa shape index (κ2) is 34.2. The maximum atomic E-state index is 11.6. The van der Waals surface area contributed by atoms with Gasteiger partial charge in [0.15, 0.2) is 34.0 Å². The van der Waals surface area contributed by atoms with Gasteiger partial charge in [0, 0.05) is 128 Å². The van der Waals surface area contributed by atoms with E-state index in [-0.39, 0.29) is 52.6 Å². The largest absolute Gasteiger partial charge is 0.370 e. The number of piperidine rings is 3. The van der Waals surface area contributed by atoms with Crippen LogP contribution in [0.1, 0.15) is 118 Å². The van der Waals surface area contributed by atoms with Crippen LogP contribution in [0.4, 0.5) is 17.5 Å². The molecule has 0 saturated carbocycles. The second-order valence-electron chi connectivity index (χ2n) is 30.0. The molecule has 580 valence electrons. The van der Waals surface area contributed by atoms with Gasteiger partial charge in [0.25, 0.3) is 0 Å². The predicted molar refractivity (Wildman–Crippen MR) is 429 cm³/mol. The normalized spacial score (nSPS) is 20.0. The zero-order chi connectivity index (χ0) is 78.0. The fourth-order valence-corrected chi connectivity index (χ4v) is 18.9. The lowest BCUT2D eigenvalue weighted by Gasteiger charge is -2.47. The van der Waals surface area contributed by atoms with Gasteiger partial charge in [-0.05, 0) is 168 Å².